The van der Waals surface area contributed by atoms with E-state index in [0.717, 1.165) is 19.3 Å². The molecule has 0 aromatic rings. The molecular weight excluding hydrogens is 160 g/mol. The summed E-state index contributed by atoms with van der Waals surface area (Å²) in [5, 5.41) is 9.83. The summed E-state index contributed by atoms with van der Waals surface area (Å²) in [4.78, 5) is 0. The lowest BCUT2D eigenvalue weighted by atomic mass is 9.77. The van der Waals surface area contributed by atoms with E-state index in [4.69, 9.17) is 0 Å². The average molecular weight is 180 g/mol. The largest absolute Gasteiger partial charge is 0.392 e. The Balaban J connectivity index is 2.55. The molecule has 1 nitrogen and oxygen atoms in total. The quantitative estimate of drug-likeness (QED) is 0.662. The van der Waals surface area contributed by atoms with Gasteiger partial charge in [0.05, 0.1) is 6.10 Å². The van der Waals surface area contributed by atoms with Crippen molar-refractivity contribution in [2.45, 2.75) is 39.2 Å². The minimum Gasteiger partial charge on any atom is -0.392 e. The van der Waals surface area contributed by atoms with Crippen LogP contribution in [-0.2, 0) is 0 Å². The van der Waals surface area contributed by atoms with Gasteiger partial charge in [-0.3, -0.25) is 0 Å². The molecule has 0 saturated heterocycles. The van der Waals surface area contributed by atoms with Gasteiger partial charge < -0.3 is 5.11 Å². The fourth-order valence-corrected chi connectivity index (χ4v) is 2.19. The Kier molecular flexibility index (Phi) is 3.73. The predicted molar refractivity (Wildman–Crippen MR) is 56.5 cm³/mol. The fraction of sp³-hybridized carbons (Fsp3) is 0.667. The number of aliphatic hydroxyl groups is 1. The van der Waals surface area contributed by atoms with Crippen LogP contribution in [0.2, 0.25) is 0 Å². The number of allylic oxidation sites excluding steroid dienone is 2. The van der Waals surface area contributed by atoms with Crippen LogP contribution in [0.25, 0.3) is 0 Å². The van der Waals surface area contributed by atoms with Crippen LogP contribution in [-0.4, -0.2) is 11.2 Å². The van der Waals surface area contributed by atoms with Crippen LogP contribution in [0.3, 0.4) is 0 Å². The molecule has 0 bridgehead atoms. The third kappa shape index (κ3) is 2.70. The zero-order valence-corrected chi connectivity index (χ0v) is 8.66. The van der Waals surface area contributed by atoms with Crippen molar-refractivity contribution in [3.8, 4) is 0 Å². The maximum atomic E-state index is 9.83. The lowest BCUT2D eigenvalue weighted by Gasteiger charge is -2.31. The van der Waals surface area contributed by atoms with Crippen molar-refractivity contribution in [3.05, 3.63) is 24.3 Å². The van der Waals surface area contributed by atoms with Crippen molar-refractivity contribution in [2.75, 3.05) is 0 Å². The molecule has 0 spiro atoms. The molecule has 0 amide bonds. The van der Waals surface area contributed by atoms with E-state index in [1.807, 2.05) is 6.08 Å². The normalized spacial score (nSPS) is 30.8. The summed E-state index contributed by atoms with van der Waals surface area (Å²) in [6.07, 6.45) is 6.76. The Labute approximate surface area is 81.2 Å². The molecule has 1 aliphatic rings. The summed E-state index contributed by atoms with van der Waals surface area (Å²) in [6, 6.07) is 0. The summed E-state index contributed by atoms with van der Waals surface area (Å²) in [5.74, 6) is 1.04. The van der Waals surface area contributed by atoms with Crippen LogP contribution in [0.4, 0.5) is 0 Å². The summed E-state index contributed by atoms with van der Waals surface area (Å²) in [7, 11) is 0. The van der Waals surface area contributed by atoms with Crippen molar-refractivity contribution >= 4 is 0 Å². The molecule has 0 fully saturated rings. The lowest BCUT2D eigenvalue weighted by molar-refractivity contribution is 0.0769. The van der Waals surface area contributed by atoms with E-state index >= 15 is 0 Å². The van der Waals surface area contributed by atoms with Gasteiger partial charge in [-0.2, -0.15) is 0 Å². The molecule has 3 atom stereocenters. The molecule has 0 unspecified atom stereocenters. The van der Waals surface area contributed by atoms with Gasteiger partial charge in [0.25, 0.3) is 0 Å². The Morgan fingerprint density at radius 2 is 2.46 bits per heavy atom. The first-order valence-electron chi connectivity index (χ1n) is 5.09. The lowest BCUT2D eigenvalue weighted by Crippen LogP contribution is -2.28. The minimum absolute atomic E-state index is 0.197. The molecule has 0 saturated carbocycles. The van der Waals surface area contributed by atoms with E-state index in [0.29, 0.717) is 11.8 Å². The van der Waals surface area contributed by atoms with E-state index in [1.54, 1.807) is 0 Å². The smallest absolute Gasteiger partial charge is 0.0608 e. The van der Waals surface area contributed by atoms with E-state index < -0.39 is 0 Å². The second kappa shape index (κ2) is 4.61. The maximum Gasteiger partial charge on any atom is 0.0608 e. The molecule has 13 heavy (non-hydrogen) atoms. The van der Waals surface area contributed by atoms with Crippen LogP contribution < -0.4 is 0 Å². The van der Waals surface area contributed by atoms with Gasteiger partial charge in [0.1, 0.15) is 0 Å². The SMILES string of the molecule is C=CC[C@@H](O)[C@@H]1CC=C(C)C[C@H]1C. The van der Waals surface area contributed by atoms with Crippen LogP contribution in [0.15, 0.2) is 24.3 Å². The zero-order valence-electron chi connectivity index (χ0n) is 8.66. The Hall–Kier alpha value is -0.560. The molecule has 0 radical (unpaired) electrons. The van der Waals surface area contributed by atoms with Crippen molar-refractivity contribution in [1.29, 1.82) is 0 Å². The molecule has 1 N–H and O–H groups in total. The number of aliphatic hydroxyl groups excluding tert-OH is 1. The zero-order chi connectivity index (χ0) is 9.84. The summed E-state index contributed by atoms with van der Waals surface area (Å²) >= 11 is 0. The highest BCUT2D eigenvalue weighted by Gasteiger charge is 2.26. The number of rotatable bonds is 3. The van der Waals surface area contributed by atoms with Crippen LogP contribution >= 0.6 is 0 Å². The summed E-state index contributed by atoms with van der Waals surface area (Å²) in [5.41, 5.74) is 1.47. The molecule has 0 heterocycles. The monoisotopic (exact) mass is 180 g/mol. The molecule has 0 aromatic carbocycles. The first-order valence-corrected chi connectivity index (χ1v) is 5.09. The third-order valence-electron chi connectivity index (χ3n) is 3.02. The minimum atomic E-state index is -0.197. The molecule has 1 rings (SSSR count). The Morgan fingerprint density at radius 1 is 1.77 bits per heavy atom. The molecule has 74 valence electrons. The van der Waals surface area contributed by atoms with E-state index in [-0.39, 0.29) is 6.10 Å². The maximum absolute atomic E-state index is 9.83. The average Bonchev–Trinajstić information content (AvgIpc) is 2.04. The Morgan fingerprint density at radius 3 is 3.00 bits per heavy atom. The number of hydrogen-bond acceptors (Lipinski definition) is 1. The predicted octanol–water partition coefficient (Wildman–Crippen LogP) is 2.92. The second-order valence-corrected chi connectivity index (χ2v) is 4.22. The molecular formula is C12H20O. The second-order valence-electron chi connectivity index (χ2n) is 4.22. The highest BCUT2D eigenvalue weighted by molar-refractivity contribution is 5.06. The molecule has 0 aliphatic heterocycles. The first-order chi connectivity index (χ1) is 6.15. The standard InChI is InChI=1S/C12H20O/c1-4-5-12(13)11-7-6-9(2)8-10(11)3/h4,6,10-13H,1,5,7-8H2,2-3H3/t10-,11-,12-/m1/s1. The number of hydrogen-bond donors (Lipinski definition) is 1. The first kappa shape index (κ1) is 10.5. The summed E-state index contributed by atoms with van der Waals surface area (Å²) in [6.45, 7) is 8.06. The fourth-order valence-electron chi connectivity index (χ4n) is 2.19. The van der Waals surface area contributed by atoms with E-state index in [9.17, 15) is 5.11 Å². The third-order valence-corrected chi connectivity index (χ3v) is 3.02. The van der Waals surface area contributed by atoms with Gasteiger partial charge in [0.15, 0.2) is 0 Å². The van der Waals surface area contributed by atoms with Crippen molar-refractivity contribution in [2.24, 2.45) is 11.8 Å². The van der Waals surface area contributed by atoms with Gasteiger partial charge in [-0.05, 0) is 38.0 Å². The topological polar surface area (TPSA) is 20.2 Å². The van der Waals surface area contributed by atoms with Gasteiger partial charge in [0, 0.05) is 0 Å². The van der Waals surface area contributed by atoms with Gasteiger partial charge in [-0.15, -0.1) is 6.58 Å². The van der Waals surface area contributed by atoms with Gasteiger partial charge in [-0.25, -0.2) is 0 Å². The van der Waals surface area contributed by atoms with E-state index in [1.165, 1.54) is 5.57 Å². The van der Waals surface area contributed by atoms with Gasteiger partial charge >= 0.3 is 0 Å². The van der Waals surface area contributed by atoms with Crippen LogP contribution in [0.5, 0.6) is 0 Å². The highest BCUT2D eigenvalue weighted by Crippen LogP contribution is 2.32. The molecule has 1 aliphatic carbocycles. The molecule has 0 aromatic heterocycles. The van der Waals surface area contributed by atoms with Crippen molar-refractivity contribution in [3.63, 3.8) is 0 Å². The van der Waals surface area contributed by atoms with Crippen LogP contribution in [0.1, 0.15) is 33.1 Å². The van der Waals surface area contributed by atoms with Crippen molar-refractivity contribution < 1.29 is 5.11 Å². The van der Waals surface area contributed by atoms with Gasteiger partial charge in [-0.1, -0.05) is 24.6 Å². The van der Waals surface area contributed by atoms with Crippen molar-refractivity contribution in [1.82, 2.24) is 0 Å². The molecule has 1 heteroatoms. The van der Waals surface area contributed by atoms with Gasteiger partial charge in [0.2, 0.25) is 0 Å². The van der Waals surface area contributed by atoms with E-state index in [2.05, 4.69) is 26.5 Å². The summed E-state index contributed by atoms with van der Waals surface area (Å²) < 4.78 is 0. The highest BCUT2D eigenvalue weighted by atomic mass is 16.3. The van der Waals surface area contributed by atoms with Crippen LogP contribution in [0, 0.1) is 11.8 Å². The Bertz CT molecular complexity index is 205.